The predicted octanol–water partition coefficient (Wildman–Crippen LogP) is 2.20. The minimum atomic E-state index is -0.396. The molecule has 0 N–H and O–H groups in total. The Labute approximate surface area is 157 Å². The first-order chi connectivity index (χ1) is 12.9. The lowest BCUT2D eigenvalue weighted by Gasteiger charge is -2.18. The summed E-state index contributed by atoms with van der Waals surface area (Å²) in [6, 6.07) is 10.0. The summed E-state index contributed by atoms with van der Waals surface area (Å²) in [5, 5.41) is 0. The Morgan fingerprint density at radius 3 is 2.30 bits per heavy atom. The van der Waals surface area contributed by atoms with Crippen LogP contribution in [0.15, 0.2) is 36.4 Å². The zero-order chi connectivity index (χ0) is 19.7. The van der Waals surface area contributed by atoms with Crippen LogP contribution < -0.4 is 9.47 Å². The number of ether oxygens (including phenoxy) is 2. The molecule has 1 heterocycles. The van der Waals surface area contributed by atoms with Gasteiger partial charge in [0.1, 0.15) is 0 Å². The maximum absolute atomic E-state index is 12.8. The van der Waals surface area contributed by atoms with Gasteiger partial charge in [-0.2, -0.15) is 0 Å². The zero-order valence-electron chi connectivity index (χ0n) is 15.6. The number of fused-ring (bicyclic) bond motifs is 1. The molecule has 0 aromatic heterocycles. The van der Waals surface area contributed by atoms with Crippen LogP contribution >= 0.6 is 0 Å². The SMILES string of the molecule is COc1ccc(CN(C)C(=O)c2ccc3c(c2)C(=O)N(C)C3=O)cc1OC. The fourth-order valence-electron chi connectivity index (χ4n) is 3.04. The first-order valence-corrected chi connectivity index (χ1v) is 8.30. The molecule has 0 spiro atoms. The number of imide groups is 1. The van der Waals surface area contributed by atoms with Gasteiger partial charge in [-0.05, 0) is 35.9 Å². The smallest absolute Gasteiger partial charge is 0.261 e. The highest BCUT2D eigenvalue weighted by atomic mass is 16.5. The van der Waals surface area contributed by atoms with Crippen molar-refractivity contribution in [3.63, 3.8) is 0 Å². The van der Waals surface area contributed by atoms with Gasteiger partial charge < -0.3 is 14.4 Å². The van der Waals surface area contributed by atoms with Crippen molar-refractivity contribution in [2.75, 3.05) is 28.3 Å². The molecular weight excluding hydrogens is 348 g/mol. The Hall–Kier alpha value is -3.35. The van der Waals surface area contributed by atoms with Crippen molar-refractivity contribution in [1.29, 1.82) is 0 Å². The minimum Gasteiger partial charge on any atom is -0.493 e. The van der Waals surface area contributed by atoms with Gasteiger partial charge in [0, 0.05) is 26.2 Å². The molecule has 7 nitrogen and oxygen atoms in total. The molecule has 7 heteroatoms. The summed E-state index contributed by atoms with van der Waals surface area (Å²) in [5.41, 5.74) is 1.80. The standard InChI is InChI=1S/C20H20N2O5/c1-21(11-12-5-8-16(26-3)17(9-12)27-4)18(23)13-6-7-14-15(10-13)20(25)22(2)19(14)24/h5-10H,11H2,1-4H3. The van der Waals surface area contributed by atoms with Crippen LogP contribution in [-0.4, -0.2) is 55.8 Å². The number of benzene rings is 2. The van der Waals surface area contributed by atoms with Gasteiger partial charge in [0.15, 0.2) is 11.5 Å². The second-order valence-electron chi connectivity index (χ2n) is 6.28. The van der Waals surface area contributed by atoms with E-state index in [0.717, 1.165) is 10.5 Å². The Morgan fingerprint density at radius 1 is 0.963 bits per heavy atom. The Kier molecular flexibility index (Phi) is 4.85. The highest BCUT2D eigenvalue weighted by Gasteiger charge is 2.33. The zero-order valence-corrected chi connectivity index (χ0v) is 15.6. The van der Waals surface area contributed by atoms with Crippen LogP contribution in [0.5, 0.6) is 11.5 Å². The third-order valence-electron chi connectivity index (χ3n) is 4.55. The van der Waals surface area contributed by atoms with Crippen molar-refractivity contribution in [3.8, 4) is 11.5 Å². The van der Waals surface area contributed by atoms with Gasteiger partial charge in [0.05, 0.1) is 25.3 Å². The van der Waals surface area contributed by atoms with Crippen LogP contribution in [0, 0.1) is 0 Å². The first-order valence-electron chi connectivity index (χ1n) is 8.30. The molecule has 0 aliphatic carbocycles. The molecule has 0 unspecified atom stereocenters. The van der Waals surface area contributed by atoms with E-state index in [1.807, 2.05) is 12.1 Å². The monoisotopic (exact) mass is 368 g/mol. The van der Waals surface area contributed by atoms with Gasteiger partial charge in [-0.15, -0.1) is 0 Å². The lowest BCUT2D eigenvalue weighted by molar-refractivity contribution is 0.0692. The molecule has 1 aliphatic heterocycles. The molecule has 0 radical (unpaired) electrons. The number of amides is 3. The van der Waals surface area contributed by atoms with Crippen LogP contribution in [-0.2, 0) is 6.54 Å². The summed E-state index contributed by atoms with van der Waals surface area (Å²) in [6.07, 6.45) is 0. The fraction of sp³-hybridized carbons (Fsp3) is 0.250. The van der Waals surface area contributed by atoms with E-state index >= 15 is 0 Å². The maximum Gasteiger partial charge on any atom is 0.261 e. The molecule has 0 atom stereocenters. The number of carbonyl (C=O) groups excluding carboxylic acids is 3. The van der Waals surface area contributed by atoms with Crippen LogP contribution in [0.3, 0.4) is 0 Å². The van der Waals surface area contributed by atoms with Gasteiger partial charge in [0.25, 0.3) is 17.7 Å². The molecule has 0 saturated heterocycles. The number of methoxy groups -OCH3 is 2. The summed E-state index contributed by atoms with van der Waals surface area (Å²) in [4.78, 5) is 39.4. The number of carbonyl (C=O) groups is 3. The van der Waals surface area contributed by atoms with Gasteiger partial charge in [-0.1, -0.05) is 6.07 Å². The lowest BCUT2D eigenvalue weighted by Crippen LogP contribution is -2.26. The van der Waals surface area contributed by atoms with Crippen LogP contribution in [0.25, 0.3) is 0 Å². The summed E-state index contributed by atoms with van der Waals surface area (Å²) in [6.45, 7) is 0.350. The van der Waals surface area contributed by atoms with Crippen molar-refractivity contribution >= 4 is 17.7 Å². The van der Waals surface area contributed by atoms with E-state index in [2.05, 4.69) is 0 Å². The van der Waals surface area contributed by atoms with Crippen LogP contribution in [0.1, 0.15) is 36.6 Å². The highest BCUT2D eigenvalue weighted by Crippen LogP contribution is 2.28. The average Bonchev–Trinajstić information content (AvgIpc) is 2.91. The highest BCUT2D eigenvalue weighted by molar-refractivity contribution is 6.21. The molecule has 3 rings (SSSR count). The molecular formula is C20H20N2O5. The summed E-state index contributed by atoms with van der Waals surface area (Å²) in [7, 11) is 6.21. The third kappa shape index (κ3) is 3.23. The van der Waals surface area contributed by atoms with Crippen LogP contribution in [0.4, 0.5) is 0 Å². The van der Waals surface area contributed by atoms with Gasteiger partial charge in [-0.25, -0.2) is 0 Å². The first kappa shape index (κ1) is 18.4. The van der Waals surface area contributed by atoms with E-state index < -0.39 is 5.91 Å². The molecule has 2 aromatic carbocycles. The van der Waals surface area contributed by atoms with Crippen molar-refractivity contribution in [3.05, 3.63) is 58.7 Å². The Bertz CT molecular complexity index is 938. The van der Waals surface area contributed by atoms with Crippen molar-refractivity contribution in [2.24, 2.45) is 0 Å². The summed E-state index contributed by atoms with van der Waals surface area (Å²) >= 11 is 0. The number of hydrogen-bond acceptors (Lipinski definition) is 5. The number of nitrogens with zero attached hydrogens (tertiary/aromatic N) is 2. The van der Waals surface area contributed by atoms with E-state index in [1.165, 1.54) is 24.1 Å². The van der Waals surface area contributed by atoms with E-state index in [9.17, 15) is 14.4 Å². The van der Waals surface area contributed by atoms with Gasteiger partial charge in [0.2, 0.25) is 0 Å². The molecule has 3 amide bonds. The summed E-state index contributed by atoms with van der Waals surface area (Å²) in [5.74, 6) is 0.198. The second-order valence-corrected chi connectivity index (χ2v) is 6.28. The molecule has 1 aliphatic rings. The molecule has 0 saturated carbocycles. The molecule has 0 bridgehead atoms. The molecule has 140 valence electrons. The second kappa shape index (κ2) is 7.11. The number of hydrogen-bond donors (Lipinski definition) is 0. The molecule has 2 aromatic rings. The van der Waals surface area contributed by atoms with E-state index in [-0.39, 0.29) is 17.4 Å². The van der Waals surface area contributed by atoms with Gasteiger partial charge in [-0.3, -0.25) is 19.3 Å². The largest absolute Gasteiger partial charge is 0.493 e. The fourth-order valence-corrected chi connectivity index (χ4v) is 3.04. The average molecular weight is 368 g/mol. The summed E-state index contributed by atoms with van der Waals surface area (Å²) < 4.78 is 10.5. The topological polar surface area (TPSA) is 76.2 Å². The van der Waals surface area contributed by atoms with Crippen molar-refractivity contribution in [2.45, 2.75) is 6.54 Å². The Morgan fingerprint density at radius 2 is 1.63 bits per heavy atom. The van der Waals surface area contributed by atoms with E-state index in [0.29, 0.717) is 29.2 Å². The molecule has 27 heavy (non-hydrogen) atoms. The normalized spacial score (nSPS) is 12.8. The lowest BCUT2D eigenvalue weighted by atomic mass is 10.0. The van der Waals surface area contributed by atoms with Crippen molar-refractivity contribution in [1.82, 2.24) is 9.80 Å². The predicted molar refractivity (Wildman–Crippen MR) is 98.2 cm³/mol. The number of rotatable bonds is 5. The van der Waals surface area contributed by atoms with Crippen molar-refractivity contribution < 1.29 is 23.9 Å². The van der Waals surface area contributed by atoms with Crippen LogP contribution in [0.2, 0.25) is 0 Å². The van der Waals surface area contributed by atoms with E-state index in [4.69, 9.17) is 9.47 Å². The molecule has 0 fully saturated rings. The maximum atomic E-state index is 12.8. The van der Waals surface area contributed by atoms with Gasteiger partial charge >= 0.3 is 0 Å². The minimum absolute atomic E-state index is 0.248. The van der Waals surface area contributed by atoms with E-state index in [1.54, 1.807) is 33.4 Å². The quantitative estimate of drug-likeness (QED) is 0.757. The third-order valence-corrected chi connectivity index (χ3v) is 4.55. The Balaban J connectivity index is 1.81.